The molecule has 0 radical (unpaired) electrons. The van der Waals surface area contributed by atoms with Crippen LogP contribution in [-0.4, -0.2) is 16.8 Å². The first-order chi connectivity index (χ1) is 9.63. The largest absolute Gasteiger partial charge is 0.335 e. The van der Waals surface area contributed by atoms with Crippen molar-refractivity contribution in [1.82, 2.24) is 4.90 Å². The second-order valence-corrected chi connectivity index (χ2v) is 6.18. The number of carbonyl (C=O) groups is 1. The van der Waals surface area contributed by atoms with Crippen molar-refractivity contribution in [2.45, 2.75) is 59.0 Å². The Morgan fingerprint density at radius 1 is 1.25 bits per heavy atom. The van der Waals surface area contributed by atoms with E-state index < -0.39 is 0 Å². The number of hydrogen-bond donors (Lipinski definition) is 0. The van der Waals surface area contributed by atoms with E-state index in [1.54, 1.807) is 6.92 Å². The maximum Gasteiger partial charge on any atom is 0.220 e. The molecule has 2 rings (SSSR count). The maximum absolute atomic E-state index is 12.1. The zero-order valence-corrected chi connectivity index (χ0v) is 13.0. The first-order valence-electron chi connectivity index (χ1n) is 7.94. The van der Waals surface area contributed by atoms with Gasteiger partial charge in [0.1, 0.15) is 0 Å². The van der Waals surface area contributed by atoms with Crippen LogP contribution in [0.4, 0.5) is 0 Å². The lowest BCUT2D eigenvalue weighted by Crippen LogP contribution is -2.46. The molecule has 2 nitrogen and oxygen atoms in total. The fourth-order valence-electron chi connectivity index (χ4n) is 3.76. The zero-order valence-electron chi connectivity index (χ0n) is 13.0. The molecule has 0 heterocycles. The summed E-state index contributed by atoms with van der Waals surface area (Å²) in [5.74, 6) is 1.60. The molecule has 0 bridgehead atoms. The summed E-state index contributed by atoms with van der Waals surface area (Å²) >= 11 is 0. The summed E-state index contributed by atoms with van der Waals surface area (Å²) in [5, 5.41) is 0. The highest BCUT2D eigenvalue weighted by Crippen LogP contribution is 2.35. The van der Waals surface area contributed by atoms with Crippen molar-refractivity contribution in [3.8, 4) is 0 Å². The van der Waals surface area contributed by atoms with Gasteiger partial charge in [-0.1, -0.05) is 63.4 Å². The third kappa shape index (κ3) is 3.41. The highest BCUT2D eigenvalue weighted by atomic mass is 16.2. The molecule has 2 heteroatoms. The maximum atomic E-state index is 12.1. The molecule has 1 aromatic rings. The van der Waals surface area contributed by atoms with E-state index in [2.05, 4.69) is 43.0 Å². The topological polar surface area (TPSA) is 20.3 Å². The lowest BCUT2D eigenvalue weighted by atomic mass is 9.74. The normalized spacial score (nSPS) is 26.2. The summed E-state index contributed by atoms with van der Waals surface area (Å²) in [6.07, 6.45) is 4.90. The van der Waals surface area contributed by atoms with Crippen molar-refractivity contribution in [2.75, 3.05) is 0 Å². The summed E-state index contributed by atoms with van der Waals surface area (Å²) in [4.78, 5) is 14.3. The van der Waals surface area contributed by atoms with Gasteiger partial charge in [-0.3, -0.25) is 4.79 Å². The first kappa shape index (κ1) is 15.1. The predicted octanol–water partition coefficient (Wildman–Crippen LogP) is 4.25. The predicted molar refractivity (Wildman–Crippen MR) is 83.3 cm³/mol. The summed E-state index contributed by atoms with van der Waals surface area (Å²) in [6.45, 7) is 7.08. The minimum Gasteiger partial charge on any atom is -0.335 e. The second kappa shape index (κ2) is 6.92. The number of rotatable bonds is 4. The number of carbonyl (C=O) groups excluding carboxylic acids is 1. The zero-order chi connectivity index (χ0) is 14.5. The first-order valence-corrected chi connectivity index (χ1v) is 7.94. The van der Waals surface area contributed by atoms with Crippen LogP contribution in [0.3, 0.4) is 0 Å². The summed E-state index contributed by atoms with van der Waals surface area (Å²) < 4.78 is 0. The van der Waals surface area contributed by atoms with Gasteiger partial charge in [0.2, 0.25) is 5.91 Å². The van der Waals surface area contributed by atoms with Gasteiger partial charge in [0.15, 0.2) is 0 Å². The van der Waals surface area contributed by atoms with E-state index in [1.807, 2.05) is 6.07 Å². The SMILES string of the molecule is CC[C@@H]1C(C)CCC[C@H]1N(Cc1ccccc1)C(C)=O. The molecule has 0 saturated heterocycles. The third-order valence-electron chi connectivity index (χ3n) is 4.86. The molecule has 0 N–H and O–H groups in total. The molecular weight excluding hydrogens is 246 g/mol. The van der Waals surface area contributed by atoms with Crippen LogP contribution in [0.25, 0.3) is 0 Å². The minimum absolute atomic E-state index is 0.214. The molecule has 1 unspecified atom stereocenters. The quantitative estimate of drug-likeness (QED) is 0.803. The summed E-state index contributed by atoms with van der Waals surface area (Å²) in [7, 11) is 0. The van der Waals surface area contributed by atoms with E-state index in [1.165, 1.54) is 24.8 Å². The van der Waals surface area contributed by atoms with Crippen LogP contribution in [0.2, 0.25) is 0 Å². The molecule has 20 heavy (non-hydrogen) atoms. The van der Waals surface area contributed by atoms with Crippen LogP contribution in [0.5, 0.6) is 0 Å². The van der Waals surface area contributed by atoms with Crippen molar-refractivity contribution in [2.24, 2.45) is 11.8 Å². The van der Waals surface area contributed by atoms with Gasteiger partial charge in [-0.2, -0.15) is 0 Å². The molecule has 110 valence electrons. The van der Waals surface area contributed by atoms with Gasteiger partial charge < -0.3 is 4.90 Å². The van der Waals surface area contributed by atoms with Crippen LogP contribution in [0, 0.1) is 11.8 Å². The van der Waals surface area contributed by atoms with Gasteiger partial charge in [-0.15, -0.1) is 0 Å². The van der Waals surface area contributed by atoms with E-state index in [-0.39, 0.29) is 5.91 Å². The molecule has 1 amide bonds. The van der Waals surface area contributed by atoms with Crippen LogP contribution in [0.15, 0.2) is 30.3 Å². The third-order valence-corrected chi connectivity index (χ3v) is 4.86. The lowest BCUT2D eigenvalue weighted by molar-refractivity contribution is -0.134. The average molecular weight is 273 g/mol. The highest BCUT2D eigenvalue weighted by Gasteiger charge is 2.34. The molecule has 1 aliphatic carbocycles. The Labute approximate surface area is 123 Å². The van der Waals surface area contributed by atoms with Crippen molar-refractivity contribution in [1.29, 1.82) is 0 Å². The van der Waals surface area contributed by atoms with E-state index in [9.17, 15) is 4.79 Å². The highest BCUT2D eigenvalue weighted by molar-refractivity contribution is 5.73. The number of benzene rings is 1. The van der Waals surface area contributed by atoms with E-state index in [0.717, 1.165) is 18.9 Å². The Balaban J connectivity index is 2.17. The number of hydrogen-bond acceptors (Lipinski definition) is 1. The lowest BCUT2D eigenvalue weighted by Gasteiger charge is -2.42. The summed E-state index contributed by atoms with van der Waals surface area (Å²) in [5.41, 5.74) is 1.23. The monoisotopic (exact) mass is 273 g/mol. The second-order valence-electron chi connectivity index (χ2n) is 6.18. The molecule has 1 aromatic carbocycles. The van der Waals surface area contributed by atoms with E-state index >= 15 is 0 Å². The van der Waals surface area contributed by atoms with Crippen LogP contribution >= 0.6 is 0 Å². The molecule has 0 aliphatic heterocycles. The smallest absolute Gasteiger partial charge is 0.220 e. The van der Waals surface area contributed by atoms with Crippen LogP contribution < -0.4 is 0 Å². The molecule has 1 aliphatic rings. The Bertz CT molecular complexity index is 428. The van der Waals surface area contributed by atoms with Gasteiger partial charge in [0, 0.05) is 19.5 Å². The molecule has 1 saturated carbocycles. The molecule has 0 spiro atoms. The molecule has 0 aromatic heterocycles. The van der Waals surface area contributed by atoms with Crippen molar-refractivity contribution < 1.29 is 4.79 Å². The fourth-order valence-corrected chi connectivity index (χ4v) is 3.76. The van der Waals surface area contributed by atoms with Crippen molar-refractivity contribution >= 4 is 5.91 Å². The van der Waals surface area contributed by atoms with Gasteiger partial charge in [-0.05, 0) is 23.8 Å². The Hall–Kier alpha value is -1.31. The molecule has 1 fully saturated rings. The minimum atomic E-state index is 0.214. The van der Waals surface area contributed by atoms with Crippen molar-refractivity contribution in [3.05, 3.63) is 35.9 Å². The summed E-state index contributed by atoms with van der Waals surface area (Å²) in [6, 6.07) is 10.8. The number of nitrogens with zero attached hydrogens (tertiary/aromatic N) is 1. The Morgan fingerprint density at radius 3 is 2.55 bits per heavy atom. The van der Waals surface area contributed by atoms with Gasteiger partial charge in [-0.25, -0.2) is 0 Å². The number of amides is 1. The van der Waals surface area contributed by atoms with E-state index in [4.69, 9.17) is 0 Å². The van der Waals surface area contributed by atoms with E-state index in [0.29, 0.717) is 12.0 Å². The van der Waals surface area contributed by atoms with Gasteiger partial charge >= 0.3 is 0 Å². The Morgan fingerprint density at radius 2 is 1.95 bits per heavy atom. The van der Waals surface area contributed by atoms with Crippen molar-refractivity contribution in [3.63, 3.8) is 0 Å². The molecular formula is C18H27NO. The van der Waals surface area contributed by atoms with Crippen LogP contribution in [0.1, 0.15) is 52.0 Å². The Kier molecular flexibility index (Phi) is 5.22. The van der Waals surface area contributed by atoms with Gasteiger partial charge in [0.25, 0.3) is 0 Å². The van der Waals surface area contributed by atoms with Gasteiger partial charge in [0.05, 0.1) is 0 Å². The van der Waals surface area contributed by atoms with Crippen LogP contribution in [-0.2, 0) is 11.3 Å². The standard InChI is InChI=1S/C18H27NO/c1-4-17-14(2)9-8-12-18(17)19(15(3)20)13-16-10-6-5-7-11-16/h5-7,10-11,14,17-18H,4,8-9,12-13H2,1-3H3/t14?,17-,18-/m1/s1. The molecule has 3 atom stereocenters. The average Bonchev–Trinajstić information content (AvgIpc) is 2.45. The fraction of sp³-hybridized carbons (Fsp3) is 0.611.